The first-order chi connectivity index (χ1) is 51.5. The normalized spacial score (nSPS) is 9.60. The Morgan fingerprint density at radius 1 is 0.465 bits per heavy atom. The van der Waals surface area contributed by atoms with Gasteiger partial charge in [-0.2, -0.15) is 30.7 Å². The predicted octanol–water partition coefficient (Wildman–Crippen LogP) is 20.0. The number of pyridine rings is 11. The number of aromatic hydroxyl groups is 3. The SMILES string of the molecule is C.C.C.C.C.C.C.COCOc1c(C=O)cc(F)nc1-c1ccncc1.COCOc1ccc(F)nc1-c1ccncc1.COCOc1ccc(F)nc1I.Nc1oc2c(-c3ccncc3)nc(F)cc2c1Nc1ccc(F)c(Cl)c1.O=Cc1cc(F)nc(-c2ccncc2)c1O.Oc1ccc(F)nc1.Oc1ccc(F)nc1I. The number of aldehydes is 2. The first-order valence-corrected chi connectivity index (χ1v) is 32.5. The minimum atomic E-state index is -0.813. The highest BCUT2D eigenvalue weighted by Gasteiger charge is 2.21. The summed E-state index contributed by atoms with van der Waals surface area (Å²) in [5.74, 6) is -4.13. The van der Waals surface area contributed by atoms with Gasteiger partial charge in [-0.15, -0.1) is 0 Å². The molecular formula is C78H82ClF8I2N13O12. The van der Waals surface area contributed by atoms with Gasteiger partial charge < -0.3 is 59.2 Å². The number of nitrogens with zero attached hydrogens (tertiary/aromatic N) is 11. The van der Waals surface area contributed by atoms with Crippen LogP contribution in [0.2, 0.25) is 5.02 Å². The van der Waals surface area contributed by atoms with E-state index in [-0.39, 0.29) is 132 Å². The summed E-state index contributed by atoms with van der Waals surface area (Å²) < 4.78 is 140. The van der Waals surface area contributed by atoms with E-state index in [0.717, 1.165) is 36.0 Å². The van der Waals surface area contributed by atoms with Crippen LogP contribution < -0.4 is 25.3 Å². The summed E-state index contributed by atoms with van der Waals surface area (Å²) in [6.07, 6.45) is 14.4. The van der Waals surface area contributed by atoms with Gasteiger partial charge in [-0.25, -0.2) is 39.3 Å². The lowest BCUT2D eigenvalue weighted by atomic mass is 10.1. The Morgan fingerprint density at radius 3 is 1.36 bits per heavy atom. The summed E-state index contributed by atoms with van der Waals surface area (Å²) in [7, 11) is 4.48. The van der Waals surface area contributed by atoms with Crippen molar-refractivity contribution in [2.24, 2.45) is 0 Å². The van der Waals surface area contributed by atoms with Crippen LogP contribution in [0.1, 0.15) is 72.7 Å². The molecule has 0 amide bonds. The number of halogens is 11. The number of fused-ring (bicyclic) bond motifs is 1. The van der Waals surface area contributed by atoms with Crippen molar-refractivity contribution < 1.29 is 92.9 Å². The van der Waals surface area contributed by atoms with Crippen LogP contribution in [0.4, 0.5) is 52.4 Å². The van der Waals surface area contributed by atoms with Gasteiger partial charge in [-0.05, 0) is 160 Å². The van der Waals surface area contributed by atoms with Gasteiger partial charge in [-0.1, -0.05) is 63.6 Å². The third kappa shape index (κ3) is 31.1. The highest BCUT2D eigenvalue weighted by molar-refractivity contribution is 14.1. The van der Waals surface area contributed by atoms with Gasteiger partial charge in [-0.3, -0.25) is 29.5 Å². The number of nitrogens with one attached hydrogen (secondary N) is 1. The second-order valence-electron chi connectivity index (χ2n) is 20.2. The van der Waals surface area contributed by atoms with E-state index in [1.807, 2.05) is 22.6 Å². The molecule has 0 spiro atoms. The summed E-state index contributed by atoms with van der Waals surface area (Å²) in [6.45, 7) is 0.168. The Balaban J connectivity index is 0.00000133. The van der Waals surface area contributed by atoms with E-state index in [4.69, 9.17) is 55.6 Å². The van der Waals surface area contributed by atoms with E-state index in [1.54, 1.807) is 108 Å². The lowest BCUT2D eigenvalue weighted by molar-refractivity contribution is 0.0500. The summed E-state index contributed by atoms with van der Waals surface area (Å²) in [4.78, 5) is 62.2. The lowest BCUT2D eigenvalue weighted by Crippen LogP contribution is -2.05. The number of anilines is 3. The number of benzene rings is 1. The van der Waals surface area contributed by atoms with E-state index in [2.05, 4.69) is 64.9 Å². The fourth-order valence-electron chi connectivity index (χ4n) is 8.33. The first-order valence-electron chi connectivity index (χ1n) is 29.9. The van der Waals surface area contributed by atoms with Crippen LogP contribution in [0.5, 0.6) is 34.5 Å². The molecule has 114 heavy (non-hydrogen) atoms. The van der Waals surface area contributed by atoms with Crippen LogP contribution >= 0.6 is 56.8 Å². The van der Waals surface area contributed by atoms with Gasteiger partial charge in [0.15, 0.2) is 55.8 Å². The molecule has 0 aliphatic rings. The third-order valence-electron chi connectivity index (χ3n) is 13.0. The number of carbonyl (C=O) groups excluding carboxylic acids is 2. The second kappa shape index (κ2) is 52.5. The van der Waals surface area contributed by atoms with E-state index >= 15 is 0 Å². The molecule has 0 aliphatic carbocycles. The van der Waals surface area contributed by atoms with Crippen molar-refractivity contribution in [1.82, 2.24) is 54.8 Å². The number of hydrogen-bond donors (Lipinski definition) is 5. The topological polar surface area (TPSA) is 343 Å². The number of methoxy groups -OCH3 is 3. The average Bonchev–Trinajstić information content (AvgIpc) is 1.61. The van der Waals surface area contributed by atoms with Crippen LogP contribution in [-0.2, 0) is 14.2 Å². The van der Waals surface area contributed by atoms with Crippen molar-refractivity contribution in [3.63, 3.8) is 0 Å². The molecular weight excluding hydrogens is 1750 g/mol. The zero-order chi connectivity index (χ0) is 77.4. The quantitative estimate of drug-likeness (QED) is 0.0186. The molecule has 13 aromatic rings. The highest BCUT2D eigenvalue weighted by atomic mass is 127. The van der Waals surface area contributed by atoms with Crippen LogP contribution in [0.15, 0.2) is 194 Å². The lowest BCUT2D eigenvalue weighted by Gasteiger charge is -2.12. The van der Waals surface area contributed by atoms with E-state index in [9.17, 15) is 49.8 Å². The van der Waals surface area contributed by atoms with Crippen molar-refractivity contribution in [3.05, 3.63) is 260 Å². The van der Waals surface area contributed by atoms with Gasteiger partial charge in [0.2, 0.25) is 47.5 Å². The Bertz CT molecular complexity index is 5030. The van der Waals surface area contributed by atoms with Gasteiger partial charge in [0.1, 0.15) is 58.9 Å². The predicted molar refractivity (Wildman–Crippen MR) is 437 cm³/mol. The highest BCUT2D eigenvalue weighted by Crippen LogP contribution is 2.40. The zero-order valence-electron chi connectivity index (χ0n) is 55.3. The Labute approximate surface area is 685 Å². The van der Waals surface area contributed by atoms with Gasteiger partial charge >= 0.3 is 0 Å². The molecule has 0 saturated carbocycles. The molecule has 0 aliphatic heterocycles. The van der Waals surface area contributed by atoms with Crippen molar-refractivity contribution in [2.45, 2.75) is 52.0 Å². The molecule has 13 rings (SSSR count). The zero-order valence-corrected chi connectivity index (χ0v) is 60.4. The fourth-order valence-corrected chi connectivity index (χ4v) is 9.48. The number of rotatable bonds is 17. The molecule has 25 nitrogen and oxygen atoms in total. The van der Waals surface area contributed by atoms with Gasteiger partial charge in [0, 0.05) is 117 Å². The molecule has 0 saturated heterocycles. The van der Waals surface area contributed by atoms with Crippen molar-refractivity contribution in [2.75, 3.05) is 52.8 Å². The number of carbonyl (C=O) groups is 2. The summed E-state index contributed by atoms with van der Waals surface area (Å²) >= 11 is 9.44. The number of furan rings is 1. The third-order valence-corrected chi connectivity index (χ3v) is 14.8. The van der Waals surface area contributed by atoms with Crippen LogP contribution in [0.3, 0.4) is 0 Å². The minimum Gasteiger partial charge on any atom is -0.506 e. The first kappa shape index (κ1) is 102. The standard InChI is InChI=1S/C18H11ClF2N4O.C13H11FN2O3.C12H11FN2O2.C11H7FN2O2.C7H7FINO2.C5H3FINO.C5H4FNO.7CH4/c19-12-7-10(1-2-13(12)20)24-16-11-8-14(21)25-15(17(11)26-18(16)22)9-3-5-23-6-4-9;1-18-8-19-13-10(7-17)6-11(14)16-12(13)9-2-4-15-5-3-9;1-16-8-17-10-2-3-11(13)15-12(10)9-4-6-14-7-5-9;12-9-5-8(6-15)11(16)10(14-9)7-1-3-13-4-2-7;1-11-4-12-5-2-3-6(8)10-7(5)9;6-4-2-1-3(9)5(7)8-4;6-5-2-1-4(8)3-7-5;;;;;;;/h1-8,24H,22H2;2-7H,8H2,1H3;2-7H,8H2,1H3;1-6,16H;2-3H,4H2,1H3;1-2,9H;1-3,8H;7*1H4. The molecule has 0 bridgehead atoms. The van der Waals surface area contributed by atoms with Crippen LogP contribution in [-0.4, -0.2) is 124 Å². The molecule has 0 atom stereocenters. The minimum absolute atomic E-state index is 0. The Morgan fingerprint density at radius 2 is 0.886 bits per heavy atom. The van der Waals surface area contributed by atoms with Crippen molar-refractivity contribution in [1.29, 1.82) is 0 Å². The number of hydrogen-bond acceptors (Lipinski definition) is 25. The molecule has 0 unspecified atom stereocenters. The molecule has 1 aromatic carbocycles. The summed E-state index contributed by atoms with van der Waals surface area (Å²) in [6, 6.07) is 30.7. The molecule has 12 heterocycles. The monoisotopic (exact) mass is 1830 g/mol. The molecule has 6 N–H and O–H groups in total. The van der Waals surface area contributed by atoms with E-state index in [0.29, 0.717) is 78.2 Å². The Hall–Kier alpha value is -11.8. The largest absolute Gasteiger partial charge is 0.506 e. The number of aromatic nitrogens is 11. The molecule has 608 valence electrons. The van der Waals surface area contributed by atoms with Gasteiger partial charge in [0.25, 0.3) is 0 Å². The maximum Gasteiger partial charge on any atom is 0.215 e. The van der Waals surface area contributed by atoms with Crippen LogP contribution in [0, 0.1) is 54.9 Å². The average molecular weight is 1830 g/mol. The Kier molecular flexibility index (Phi) is 47.0. The van der Waals surface area contributed by atoms with Crippen LogP contribution in [0.25, 0.3) is 56.0 Å². The molecule has 12 aromatic heterocycles. The van der Waals surface area contributed by atoms with Crippen molar-refractivity contribution in [3.8, 4) is 79.5 Å². The summed E-state index contributed by atoms with van der Waals surface area (Å²) in [5.41, 5.74) is 10.6. The fraction of sp³-hybridized carbons (Fsp3) is 0.167. The van der Waals surface area contributed by atoms with E-state index < -0.39 is 47.5 Å². The molecule has 0 fully saturated rings. The number of ether oxygens (including phenoxy) is 6. The number of nitrogen functional groups attached to an aromatic ring is 1. The smallest absolute Gasteiger partial charge is 0.215 e. The molecule has 0 radical (unpaired) electrons. The van der Waals surface area contributed by atoms with E-state index in [1.165, 1.54) is 94.4 Å². The second-order valence-corrected chi connectivity index (χ2v) is 22.7. The number of nitrogens with two attached hydrogens (primary N) is 1. The molecule has 36 heteroatoms. The maximum absolute atomic E-state index is 14.1. The van der Waals surface area contributed by atoms with Gasteiger partial charge in [0.05, 0.1) is 27.7 Å². The maximum atomic E-state index is 14.1. The van der Waals surface area contributed by atoms with Crippen molar-refractivity contribution >= 4 is 97.6 Å². The summed E-state index contributed by atoms with van der Waals surface area (Å²) in [5, 5.41) is 30.4.